The van der Waals surface area contributed by atoms with Crippen molar-refractivity contribution < 1.29 is 9.47 Å². The Bertz CT molecular complexity index is 832. The zero-order valence-corrected chi connectivity index (χ0v) is 18.1. The lowest BCUT2D eigenvalue weighted by atomic mass is 10.2. The van der Waals surface area contributed by atoms with Crippen molar-refractivity contribution in [2.75, 3.05) is 51.8 Å². The molecule has 2 aromatic rings. The average Bonchev–Trinajstić information content (AvgIpc) is 2.81. The maximum Gasteiger partial charge on any atom is 0.189 e. The molecule has 0 aliphatic carbocycles. The quantitative estimate of drug-likeness (QED) is 0.505. The van der Waals surface area contributed by atoms with Crippen molar-refractivity contribution in [3.05, 3.63) is 47.7 Å². The molecule has 8 heteroatoms. The van der Waals surface area contributed by atoms with E-state index in [4.69, 9.17) is 15.2 Å². The number of nitrogens with one attached hydrogen (secondary N) is 1. The SMILES string of the molecule is CCN1CCN(c2ccc(CN=C(N)NCc3ccc(OC)c(OC)c3)cn2)CC1. The number of piperazine rings is 1. The molecule has 0 amide bonds. The fourth-order valence-corrected chi connectivity index (χ4v) is 3.41. The van der Waals surface area contributed by atoms with E-state index < -0.39 is 0 Å². The molecule has 0 bridgehead atoms. The van der Waals surface area contributed by atoms with Crippen LogP contribution < -0.4 is 25.4 Å². The number of nitrogens with two attached hydrogens (primary N) is 1. The summed E-state index contributed by atoms with van der Waals surface area (Å²) in [4.78, 5) is 13.8. The molecule has 162 valence electrons. The number of aliphatic imine (C=N–C) groups is 1. The largest absolute Gasteiger partial charge is 0.493 e. The molecule has 1 aromatic carbocycles. The summed E-state index contributed by atoms with van der Waals surface area (Å²) in [7, 11) is 3.24. The van der Waals surface area contributed by atoms with Gasteiger partial charge in [-0.1, -0.05) is 19.1 Å². The van der Waals surface area contributed by atoms with E-state index in [0.717, 1.165) is 49.7 Å². The number of rotatable bonds is 8. The van der Waals surface area contributed by atoms with E-state index in [1.165, 1.54) is 0 Å². The molecule has 0 spiro atoms. The van der Waals surface area contributed by atoms with Gasteiger partial charge in [0.1, 0.15) is 5.82 Å². The number of ether oxygens (including phenoxy) is 2. The normalized spacial score (nSPS) is 15.2. The lowest BCUT2D eigenvalue weighted by Crippen LogP contribution is -2.46. The Morgan fingerprint density at radius 3 is 2.43 bits per heavy atom. The number of nitrogens with zero attached hydrogens (tertiary/aromatic N) is 4. The van der Waals surface area contributed by atoms with E-state index in [1.807, 2.05) is 24.4 Å². The van der Waals surface area contributed by atoms with Crippen LogP contribution in [0, 0.1) is 0 Å². The number of anilines is 1. The predicted molar refractivity (Wildman–Crippen MR) is 120 cm³/mol. The minimum Gasteiger partial charge on any atom is -0.493 e. The molecule has 0 unspecified atom stereocenters. The summed E-state index contributed by atoms with van der Waals surface area (Å²) >= 11 is 0. The van der Waals surface area contributed by atoms with E-state index >= 15 is 0 Å². The molecule has 3 N–H and O–H groups in total. The lowest BCUT2D eigenvalue weighted by molar-refractivity contribution is 0.270. The summed E-state index contributed by atoms with van der Waals surface area (Å²) < 4.78 is 10.6. The van der Waals surface area contributed by atoms with Gasteiger partial charge in [-0.15, -0.1) is 0 Å². The highest BCUT2D eigenvalue weighted by Crippen LogP contribution is 2.27. The maximum absolute atomic E-state index is 6.02. The van der Waals surface area contributed by atoms with Crippen molar-refractivity contribution in [2.24, 2.45) is 10.7 Å². The smallest absolute Gasteiger partial charge is 0.189 e. The van der Waals surface area contributed by atoms with Crippen LogP contribution in [0.2, 0.25) is 0 Å². The summed E-state index contributed by atoms with van der Waals surface area (Å²) in [5, 5.41) is 3.13. The molecule has 2 heterocycles. The molecule has 1 saturated heterocycles. The Morgan fingerprint density at radius 1 is 1.07 bits per heavy atom. The molecular formula is C22H32N6O2. The van der Waals surface area contributed by atoms with Crippen LogP contribution in [0.1, 0.15) is 18.1 Å². The van der Waals surface area contributed by atoms with Gasteiger partial charge in [0.25, 0.3) is 0 Å². The molecule has 3 rings (SSSR count). The molecule has 0 atom stereocenters. The van der Waals surface area contributed by atoms with Gasteiger partial charge in [0, 0.05) is 38.9 Å². The summed E-state index contributed by atoms with van der Waals surface area (Å²) in [6.07, 6.45) is 1.88. The Kier molecular flexibility index (Phi) is 7.73. The predicted octanol–water partition coefficient (Wildman–Crippen LogP) is 1.85. The number of benzene rings is 1. The third-order valence-corrected chi connectivity index (χ3v) is 5.31. The maximum atomic E-state index is 6.02. The minimum atomic E-state index is 0.393. The van der Waals surface area contributed by atoms with Gasteiger partial charge in [-0.3, -0.25) is 0 Å². The van der Waals surface area contributed by atoms with Gasteiger partial charge >= 0.3 is 0 Å². The van der Waals surface area contributed by atoms with Crippen LogP contribution in [0.3, 0.4) is 0 Å². The second-order valence-electron chi connectivity index (χ2n) is 7.19. The lowest BCUT2D eigenvalue weighted by Gasteiger charge is -2.34. The Labute approximate surface area is 178 Å². The standard InChI is InChI=1S/C22H32N6O2/c1-4-27-9-11-28(12-10-27)21-8-6-18(15-24-21)16-26-22(23)25-14-17-5-7-19(29-2)20(13-17)30-3/h5-8,13,15H,4,9-12,14,16H2,1-3H3,(H3,23,25,26). The van der Waals surface area contributed by atoms with Crippen molar-refractivity contribution in [3.63, 3.8) is 0 Å². The van der Waals surface area contributed by atoms with Gasteiger partial charge in [0.05, 0.1) is 20.8 Å². The van der Waals surface area contributed by atoms with Gasteiger partial charge < -0.3 is 30.3 Å². The second kappa shape index (κ2) is 10.7. The number of pyridine rings is 1. The summed E-state index contributed by atoms with van der Waals surface area (Å²) in [5.74, 6) is 2.81. The first-order valence-electron chi connectivity index (χ1n) is 10.3. The van der Waals surface area contributed by atoms with E-state index in [0.29, 0.717) is 30.5 Å². The second-order valence-corrected chi connectivity index (χ2v) is 7.19. The fraction of sp³-hybridized carbons (Fsp3) is 0.455. The van der Waals surface area contributed by atoms with E-state index in [9.17, 15) is 0 Å². The van der Waals surface area contributed by atoms with Gasteiger partial charge in [0.2, 0.25) is 0 Å². The van der Waals surface area contributed by atoms with Crippen LogP contribution in [0.15, 0.2) is 41.5 Å². The van der Waals surface area contributed by atoms with E-state index in [2.05, 4.69) is 44.1 Å². The summed E-state index contributed by atoms with van der Waals surface area (Å²) in [6, 6.07) is 9.89. The zero-order chi connectivity index (χ0) is 21.3. The Balaban J connectivity index is 1.49. The van der Waals surface area contributed by atoms with Crippen LogP contribution in [0.5, 0.6) is 11.5 Å². The highest BCUT2D eigenvalue weighted by Gasteiger charge is 2.16. The summed E-state index contributed by atoms with van der Waals surface area (Å²) in [6.45, 7) is 8.57. The molecule has 1 aliphatic rings. The van der Waals surface area contributed by atoms with Gasteiger partial charge in [0.15, 0.2) is 17.5 Å². The van der Waals surface area contributed by atoms with E-state index in [-0.39, 0.29) is 0 Å². The highest BCUT2D eigenvalue weighted by molar-refractivity contribution is 5.77. The Morgan fingerprint density at radius 2 is 1.80 bits per heavy atom. The summed E-state index contributed by atoms with van der Waals surface area (Å²) in [5.41, 5.74) is 8.08. The third-order valence-electron chi connectivity index (χ3n) is 5.31. The number of aromatic nitrogens is 1. The first-order chi connectivity index (χ1) is 14.6. The van der Waals surface area contributed by atoms with Crippen molar-refractivity contribution in [2.45, 2.75) is 20.0 Å². The van der Waals surface area contributed by atoms with Gasteiger partial charge in [-0.2, -0.15) is 0 Å². The molecule has 0 radical (unpaired) electrons. The molecule has 30 heavy (non-hydrogen) atoms. The monoisotopic (exact) mass is 412 g/mol. The van der Waals surface area contributed by atoms with Gasteiger partial charge in [-0.05, 0) is 35.9 Å². The Hall–Kier alpha value is -3.00. The van der Waals surface area contributed by atoms with Crippen LogP contribution in [0.25, 0.3) is 0 Å². The van der Waals surface area contributed by atoms with Crippen LogP contribution in [-0.4, -0.2) is 62.8 Å². The van der Waals surface area contributed by atoms with E-state index in [1.54, 1.807) is 14.2 Å². The fourth-order valence-electron chi connectivity index (χ4n) is 3.41. The number of guanidine groups is 1. The van der Waals surface area contributed by atoms with Crippen LogP contribution in [0.4, 0.5) is 5.82 Å². The number of hydrogen-bond acceptors (Lipinski definition) is 6. The minimum absolute atomic E-state index is 0.393. The molecule has 1 aromatic heterocycles. The zero-order valence-electron chi connectivity index (χ0n) is 18.1. The van der Waals surface area contributed by atoms with Crippen LogP contribution in [-0.2, 0) is 13.1 Å². The van der Waals surface area contributed by atoms with Crippen molar-refractivity contribution in [1.82, 2.24) is 15.2 Å². The molecule has 1 fully saturated rings. The molecule has 8 nitrogen and oxygen atoms in total. The third kappa shape index (κ3) is 5.76. The first-order valence-corrected chi connectivity index (χ1v) is 10.3. The van der Waals surface area contributed by atoms with Crippen molar-refractivity contribution in [1.29, 1.82) is 0 Å². The first kappa shape index (κ1) is 21.7. The average molecular weight is 413 g/mol. The molecular weight excluding hydrogens is 380 g/mol. The number of hydrogen-bond donors (Lipinski definition) is 2. The highest BCUT2D eigenvalue weighted by atomic mass is 16.5. The number of methoxy groups -OCH3 is 2. The van der Waals surface area contributed by atoms with Crippen molar-refractivity contribution in [3.8, 4) is 11.5 Å². The molecule has 1 aliphatic heterocycles. The van der Waals surface area contributed by atoms with Crippen LogP contribution >= 0.6 is 0 Å². The topological polar surface area (TPSA) is 88.2 Å². The van der Waals surface area contributed by atoms with Crippen molar-refractivity contribution >= 4 is 11.8 Å². The number of likely N-dealkylation sites (N-methyl/N-ethyl adjacent to an activating group) is 1. The molecule has 0 saturated carbocycles. The van der Waals surface area contributed by atoms with Gasteiger partial charge in [-0.25, -0.2) is 9.98 Å².